The number of aromatic nitrogens is 2. The lowest BCUT2D eigenvalue weighted by molar-refractivity contribution is 0.414. The molecule has 0 atom stereocenters. The van der Waals surface area contributed by atoms with Gasteiger partial charge in [0, 0.05) is 18.5 Å². The summed E-state index contributed by atoms with van der Waals surface area (Å²) in [6.07, 6.45) is 3.12. The van der Waals surface area contributed by atoms with Gasteiger partial charge in [-0.3, -0.25) is 9.20 Å². The molecule has 0 amide bonds. The Morgan fingerprint density at radius 3 is 3.07 bits per heavy atom. The molecule has 0 N–H and O–H groups in total. The van der Waals surface area contributed by atoms with Crippen molar-refractivity contribution in [1.82, 2.24) is 9.38 Å². The topological polar surface area (TPSA) is 43.6 Å². The first-order valence-corrected chi connectivity index (χ1v) is 4.72. The monoisotopic (exact) mass is 254 g/mol. The number of pyridine rings is 1. The Morgan fingerprint density at radius 2 is 2.36 bits per heavy atom. The van der Waals surface area contributed by atoms with Gasteiger partial charge < -0.3 is 4.74 Å². The van der Waals surface area contributed by atoms with E-state index in [1.165, 1.54) is 10.6 Å². The summed E-state index contributed by atoms with van der Waals surface area (Å²) in [6.45, 7) is 0. The van der Waals surface area contributed by atoms with Crippen LogP contribution >= 0.6 is 15.9 Å². The predicted molar refractivity (Wildman–Crippen MR) is 55.7 cm³/mol. The van der Waals surface area contributed by atoms with Gasteiger partial charge in [0.05, 0.1) is 7.11 Å². The number of hydrogen-bond acceptors (Lipinski definition) is 3. The second kappa shape index (κ2) is 3.42. The van der Waals surface area contributed by atoms with Crippen molar-refractivity contribution in [1.29, 1.82) is 0 Å². The molecule has 0 saturated heterocycles. The van der Waals surface area contributed by atoms with Crippen molar-refractivity contribution in [2.45, 2.75) is 0 Å². The maximum atomic E-state index is 11.6. The SMILES string of the molecule is COc1ccn2c(=O)c(Br)cnc2c1. The van der Waals surface area contributed by atoms with E-state index in [0.29, 0.717) is 15.9 Å². The lowest BCUT2D eigenvalue weighted by atomic mass is 10.4. The first kappa shape index (κ1) is 9.21. The van der Waals surface area contributed by atoms with E-state index in [-0.39, 0.29) is 5.56 Å². The lowest BCUT2D eigenvalue weighted by Crippen LogP contribution is -2.14. The van der Waals surface area contributed by atoms with E-state index in [0.717, 1.165) is 0 Å². The third-order valence-electron chi connectivity index (χ3n) is 1.88. The third kappa shape index (κ3) is 1.39. The molecule has 0 saturated carbocycles. The first-order chi connectivity index (χ1) is 6.72. The van der Waals surface area contributed by atoms with Crippen LogP contribution in [0.25, 0.3) is 5.65 Å². The van der Waals surface area contributed by atoms with E-state index < -0.39 is 0 Å². The molecule has 0 aliphatic carbocycles. The van der Waals surface area contributed by atoms with Gasteiger partial charge in [-0.2, -0.15) is 0 Å². The van der Waals surface area contributed by atoms with Crippen LogP contribution in [-0.4, -0.2) is 16.5 Å². The highest BCUT2D eigenvalue weighted by Crippen LogP contribution is 2.11. The number of rotatable bonds is 1. The zero-order valence-electron chi connectivity index (χ0n) is 7.40. The van der Waals surface area contributed by atoms with Crippen molar-refractivity contribution in [3.05, 3.63) is 39.4 Å². The van der Waals surface area contributed by atoms with Crippen LogP contribution in [0.15, 0.2) is 33.8 Å². The number of halogens is 1. The van der Waals surface area contributed by atoms with Crippen LogP contribution < -0.4 is 10.3 Å². The summed E-state index contributed by atoms with van der Waals surface area (Å²) in [5.41, 5.74) is 0.440. The zero-order valence-corrected chi connectivity index (χ0v) is 8.98. The molecule has 0 aliphatic heterocycles. The molecule has 5 heteroatoms. The summed E-state index contributed by atoms with van der Waals surface area (Å²) in [7, 11) is 1.57. The van der Waals surface area contributed by atoms with Gasteiger partial charge in [0.25, 0.3) is 5.56 Å². The van der Waals surface area contributed by atoms with Gasteiger partial charge in [-0.05, 0) is 22.0 Å². The lowest BCUT2D eigenvalue weighted by Gasteiger charge is -2.02. The molecule has 0 aliphatic rings. The predicted octanol–water partition coefficient (Wildman–Crippen LogP) is 1.47. The standard InChI is InChI=1S/C9H7BrN2O2/c1-14-6-2-3-12-8(4-6)11-5-7(10)9(12)13/h2-5H,1H3. The molecule has 0 spiro atoms. The van der Waals surface area contributed by atoms with E-state index in [1.54, 1.807) is 25.4 Å². The molecule has 2 aromatic heterocycles. The largest absolute Gasteiger partial charge is 0.497 e. The van der Waals surface area contributed by atoms with Crippen molar-refractivity contribution in [2.24, 2.45) is 0 Å². The molecule has 14 heavy (non-hydrogen) atoms. The molecular formula is C9H7BrN2O2. The average Bonchev–Trinajstić information content (AvgIpc) is 2.23. The maximum Gasteiger partial charge on any atom is 0.272 e. The Hall–Kier alpha value is -1.36. The Balaban J connectivity index is 2.81. The van der Waals surface area contributed by atoms with Crippen molar-refractivity contribution in [3.8, 4) is 5.75 Å². The van der Waals surface area contributed by atoms with E-state index in [4.69, 9.17) is 4.74 Å². The highest BCUT2D eigenvalue weighted by molar-refractivity contribution is 9.10. The first-order valence-electron chi connectivity index (χ1n) is 3.93. The summed E-state index contributed by atoms with van der Waals surface area (Å²) in [5, 5.41) is 0. The number of hydrogen-bond donors (Lipinski definition) is 0. The minimum atomic E-state index is -0.127. The van der Waals surface area contributed by atoms with Gasteiger partial charge in [0.1, 0.15) is 15.9 Å². The van der Waals surface area contributed by atoms with Crippen LogP contribution in [0.1, 0.15) is 0 Å². The highest BCUT2D eigenvalue weighted by Gasteiger charge is 2.02. The van der Waals surface area contributed by atoms with E-state index in [2.05, 4.69) is 20.9 Å². The summed E-state index contributed by atoms with van der Waals surface area (Å²) in [5.74, 6) is 0.680. The van der Waals surface area contributed by atoms with Crippen LogP contribution in [0.2, 0.25) is 0 Å². The smallest absolute Gasteiger partial charge is 0.272 e. The van der Waals surface area contributed by atoms with E-state index in [9.17, 15) is 4.79 Å². The highest BCUT2D eigenvalue weighted by atomic mass is 79.9. The fourth-order valence-corrected chi connectivity index (χ4v) is 1.45. The second-order valence-corrected chi connectivity index (χ2v) is 3.56. The van der Waals surface area contributed by atoms with Crippen LogP contribution in [0, 0.1) is 0 Å². The van der Waals surface area contributed by atoms with Gasteiger partial charge in [-0.15, -0.1) is 0 Å². The summed E-state index contributed by atoms with van der Waals surface area (Å²) in [6, 6.07) is 3.41. The Labute approximate surface area is 88.3 Å². The van der Waals surface area contributed by atoms with Gasteiger partial charge in [-0.1, -0.05) is 0 Å². The van der Waals surface area contributed by atoms with Gasteiger partial charge in [-0.25, -0.2) is 4.98 Å². The fourth-order valence-electron chi connectivity index (χ4n) is 1.16. The number of ether oxygens (including phenoxy) is 1. The fraction of sp³-hybridized carbons (Fsp3) is 0.111. The van der Waals surface area contributed by atoms with Crippen molar-refractivity contribution in [2.75, 3.05) is 7.11 Å². The van der Waals surface area contributed by atoms with Crippen LogP contribution in [0.3, 0.4) is 0 Å². The number of fused-ring (bicyclic) bond motifs is 1. The summed E-state index contributed by atoms with van der Waals surface area (Å²) < 4.78 is 6.92. The van der Waals surface area contributed by atoms with Crippen LogP contribution in [-0.2, 0) is 0 Å². The number of nitrogens with zero attached hydrogens (tertiary/aromatic N) is 2. The molecule has 2 heterocycles. The van der Waals surface area contributed by atoms with Crippen LogP contribution in [0.4, 0.5) is 0 Å². The molecule has 0 aromatic carbocycles. The number of methoxy groups -OCH3 is 1. The van der Waals surface area contributed by atoms with Gasteiger partial charge >= 0.3 is 0 Å². The summed E-state index contributed by atoms with van der Waals surface area (Å²) >= 11 is 3.12. The van der Waals surface area contributed by atoms with Crippen molar-refractivity contribution in [3.63, 3.8) is 0 Å². The molecule has 0 bridgehead atoms. The molecule has 4 nitrogen and oxygen atoms in total. The summed E-state index contributed by atoms with van der Waals surface area (Å²) in [4.78, 5) is 15.6. The molecule has 0 fully saturated rings. The molecule has 2 rings (SSSR count). The molecule has 72 valence electrons. The molecule has 0 unspecified atom stereocenters. The minimum absolute atomic E-state index is 0.127. The van der Waals surface area contributed by atoms with Gasteiger partial charge in [0.15, 0.2) is 0 Å². The van der Waals surface area contributed by atoms with Gasteiger partial charge in [0.2, 0.25) is 0 Å². The molecule has 2 aromatic rings. The average molecular weight is 255 g/mol. The zero-order chi connectivity index (χ0) is 10.1. The van der Waals surface area contributed by atoms with E-state index in [1.807, 2.05) is 0 Å². The van der Waals surface area contributed by atoms with Crippen molar-refractivity contribution >= 4 is 21.6 Å². The second-order valence-electron chi connectivity index (χ2n) is 2.71. The van der Waals surface area contributed by atoms with E-state index >= 15 is 0 Å². The van der Waals surface area contributed by atoms with Crippen LogP contribution in [0.5, 0.6) is 5.75 Å². The Kier molecular flexibility index (Phi) is 2.25. The minimum Gasteiger partial charge on any atom is -0.497 e. The molecular weight excluding hydrogens is 248 g/mol. The maximum absolute atomic E-state index is 11.6. The molecule has 0 radical (unpaired) electrons. The van der Waals surface area contributed by atoms with Crippen molar-refractivity contribution < 1.29 is 4.74 Å². The quantitative estimate of drug-likeness (QED) is 0.774. The Bertz CT molecular complexity index is 536. The normalized spacial score (nSPS) is 10.4. The Morgan fingerprint density at radius 1 is 1.57 bits per heavy atom. The third-order valence-corrected chi connectivity index (χ3v) is 2.42.